The SMILES string of the molecule is N#CCN1c2ccccc2N(CC#N)S1(=O)=O. The lowest BCUT2D eigenvalue weighted by molar-refractivity contribution is 0.593. The van der Waals surface area contributed by atoms with Gasteiger partial charge in [-0.15, -0.1) is 0 Å². The number of nitriles is 2. The number of hydrogen-bond acceptors (Lipinski definition) is 4. The van der Waals surface area contributed by atoms with Crippen LogP contribution in [0.15, 0.2) is 24.3 Å². The molecule has 1 aromatic rings. The number of benzene rings is 1. The summed E-state index contributed by atoms with van der Waals surface area (Å²) in [4.78, 5) is 0. The molecule has 0 saturated heterocycles. The van der Waals surface area contributed by atoms with E-state index in [1.54, 1.807) is 36.4 Å². The lowest BCUT2D eigenvalue weighted by Gasteiger charge is -2.16. The van der Waals surface area contributed by atoms with E-state index in [-0.39, 0.29) is 13.1 Å². The maximum absolute atomic E-state index is 12.1. The van der Waals surface area contributed by atoms with Crippen molar-refractivity contribution in [3.05, 3.63) is 24.3 Å². The van der Waals surface area contributed by atoms with Crippen LogP contribution in [0.2, 0.25) is 0 Å². The third-order valence-electron chi connectivity index (χ3n) is 2.40. The molecule has 0 radical (unpaired) electrons. The first-order chi connectivity index (χ1) is 8.12. The Morgan fingerprint density at radius 2 is 1.41 bits per heavy atom. The molecule has 0 amide bonds. The fourth-order valence-electron chi connectivity index (χ4n) is 1.72. The zero-order chi connectivity index (χ0) is 12.5. The van der Waals surface area contributed by atoms with Crippen LogP contribution in [0.4, 0.5) is 11.4 Å². The third kappa shape index (κ3) is 1.57. The minimum atomic E-state index is -3.79. The van der Waals surface area contributed by atoms with Gasteiger partial charge in [0.15, 0.2) is 0 Å². The van der Waals surface area contributed by atoms with Crippen LogP contribution in [0.3, 0.4) is 0 Å². The van der Waals surface area contributed by atoms with Gasteiger partial charge in [-0.2, -0.15) is 18.9 Å². The minimum Gasteiger partial charge on any atom is -0.237 e. The second-order valence-electron chi connectivity index (χ2n) is 3.33. The highest BCUT2D eigenvalue weighted by Crippen LogP contribution is 2.39. The molecule has 86 valence electrons. The second-order valence-corrected chi connectivity index (χ2v) is 5.10. The average Bonchev–Trinajstić information content (AvgIpc) is 2.52. The normalized spacial score (nSPS) is 16.1. The van der Waals surface area contributed by atoms with E-state index in [0.717, 1.165) is 8.61 Å². The molecule has 17 heavy (non-hydrogen) atoms. The van der Waals surface area contributed by atoms with Crippen molar-refractivity contribution in [1.82, 2.24) is 0 Å². The van der Waals surface area contributed by atoms with E-state index in [2.05, 4.69) is 0 Å². The Kier molecular flexibility index (Phi) is 2.62. The molecule has 0 unspecified atom stereocenters. The average molecular weight is 248 g/mol. The molecule has 0 atom stereocenters. The topological polar surface area (TPSA) is 88.2 Å². The largest absolute Gasteiger partial charge is 0.328 e. The molecular formula is C10H8N4O2S. The summed E-state index contributed by atoms with van der Waals surface area (Å²) in [5, 5.41) is 17.3. The van der Waals surface area contributed by atoms with Gasteiger partial charge in [0, 0.05) is 0 Å². The minimum absolute atomic E-state index is 0.263. The van der Waals surface area contributed by atoms with Gasteiger partial charge < -0.3 is 0 Å². The Balaban J connectivity index is 2.60. The predicted molar refractivity (Wildman–Crippen MR) is 61.3 cm³/mol. The smallest absolute Gasteiger partial charge is 0.237 e. The lowest BCUT2D eigenvalue weighted by Crippen LogP contribution is -2.38. The highest BCUT2D eigenvalue weighted by molar-refractivity contribution is 7.94. The van der Waals surface area contributed by atoms with Crippen molar-refractivity contribution in [1.29, 1.82) is 10.5 Å². The molecule has 0 bridgehead atoms. The van der Waals surface area contributed by atoms with E-state index >= 15 is 0 Å². The van der Waals surface area contributed by atoms with Gasteiger partial charge in [-0.1, -0.05) is 12.1 Å². The standard InChI is InChI=1S/C10H8N4O2S/c11-5-7-13-9-3-1-2-4-10(9)14(8-6-12)17(13,15)16/h1-4H,7-8H2. The Hall–Kier alpha value is -2.25. The number of nitrogens with zero attached hydrogens (tertiary/aromatic N) is 4. The first-order valence-electron chi connectivity index (χ1n) is 4.76. The van der Waals surface area contributed by atoms with Crippen molar-refractivity contribution in [3.63, 3.8) is 0 Å². The molecule has 0 saturated carbocycles. The summed E-state index contributed by atoms with van der Waals surface area (Å²) in [6, 6.07) is 10.2. The van der Waals surface area contributed by atoms with Crippen molar-refractivity contribution in [2.45, 2.75) is 0 Å². The number of hydrogen-bond donors (Lipinski definition) is 0. The number of anilines is 2. The van der Waals surface area contributed by atoms with Gasteiger partial charge in [-0.05, 0) is 12.1 Å². The predicted octanol–water partition coefficient (Wildman–Crippen LogP) is 0.605. The van der Waals surface area contributed by atoms with Gasteiger partial charge in [0.05, 0.1) is 23.5 Å². The van der Waals surface area contributed by atoms with Crippen LogP contribution in [0.25, 0.3) is 0 Å². The van der Waals surface area contributed by atoms with Gasteiger partial charge in [-0.25, -0.2) is 8.61 Å². The van der Waals surface area contributed by atoms with Gasteiger partial charge >= 0.3 is 10.2 Å². The molecule has 1 aliphatic rings. The molecule has 0 spiro atoms. The number of rotatable bonds is 2. The van der Waals surface area contributed by atoms with Gasteiger partial charge in [0.25, 0.3) is 0 Å². The Bertz CT molecular complexity index is 577. The first kappa shape index (κ1) is 11.2. The maximum Gasteiger partial charge on any atom is 0.328 e. The molecule has 1 aromatic carbocycles. The Labute approximate surface area is 99.1 Å². The van der Waals surface area contributed by atoms with Crippen LogP contribution >= 0.6 is 0 Å². The zero-order valence-corrected chi connectivity index (χ0v) is 9.55. The van der Waals surface area contributed by atoms with Crippen LogP contribution in [0.5, 0.6) is 0 Å². The third-order valence-corrected chi connectivity index (χ3v) is 4.17. The van der Waals surface area contributed by atoms with E-state index in [9.17, 15) is 8.42 Å². The van der Waals surface area contributed by atoms with Crippen LogP contribution in [0, 0.1) is 22.7 Å². The fourth-order valence-corrected chi connectivity index (χ4v) is 3.20. The van der Waals surface area contributed by atoms with Crippen LogP contribution in [-0.2, 0) is 10.2 Å². The van der Waals surface area contributed by atoms with Gasteiger partial charge in [-0.3, -0.25) is 0 Å². The van der Waals surface area contributed by atoms with E-state index < -0.39 is 10.2 Å². The van der Waals surface area contributed by atoms with Crippen molar-refractivity contribution >= 4 is 21.6 Å². The summed E-state index contributed by atoms with van der Waals surface area (Å²) < 4.78 is 26.2. The lowest BCUT2D eigenvalue weighted by atomic mass is 10.2. The fraction of sp³-hybridized carbons (Fsp3) is 0.200. The van der Waals surface area contributed by atoms with Crippen molar-refractivity contribution in [2.75, 3.05) is 21.7 Å². The highest BCUT2D eigenvalue weighted by atomic mass is 32.2. The quantitative estimate of drug-likeness (QED) is 0.717. The van der Waals surface area contributed by atoms with Crippen LogP contribution < -0.4 is 8.61 Å². The van der Waals surface area contributed by atoms with E-state index in [0.29, 0.717) is 11.4 Å². The molecule has 0 aromatic heterocycles. The molecule has 6 nitrogen and oxygen atoms in total. The van der Waals surface area contributed by atoms with Crippen LogP contribution in [-0.4, -0.2) is 21.5 Å². The van der Waals surface area contributed by atoms with E-state index in [1.165, 1.54) is 0 Å². The van der Waals surface area contributed by atoms with E-state index in [1.807, 2.05) is 0 Å². The molecule has 1 heterocycles. The monoisotopic (exact) mass is 248 g/mol. The first-order valence-corrected chi connectivity index (χ1v) is 6.16. The maximum atomic E-state index is 12.1. The van der Waals surface area contributed by atoms with Crippen molar-refractivity contribution in [2.24, 2.45) is 0 Å². The summed E-state index contributed by atoms with van der Waals surface area (Å²) in [7, 11) is -3.79. The van der Waals surface area contributed by atoms with E-state index in [4.69, 9.17) is 10.5 Å². The van der Waals surface area contributed by atoms with Crippen LogP contribution in [0.1, 0.15) is 0 Å². The molecule has 0 aliphatic carbocycles. The summed E-state index contributed by atoms with van der Waals surface area (Å²) in [5.41, 5.74) is 0.869. The summed E-state index contributed by atoms with van der Waals surface area (Å²) in [5.74, 6) is 0. The summed E-state index contributed by atoms with van der Waals surface area (Å²) in [6.45, 7) is -0.525. The highest BCUT2D eigenvalue weighted by Gasteiger charge is 2.39. The van der Waals surface area contributed by atoms with Crippen molar-refractivity contribution < 1.29 is 8.42 Å². The van der Waals surface area contributed by atoms with Gasteiger partial charge in [0.1, 0.15) is 13.1 Å². The summed E-state index contributed by atoms with van der Waals surface area (Å²) >= 11 is 0. The molecule has 1 aliphatic heterocycles. The second kappa shape index (κ2) is 3.96. The summed E-state index contributed by atoms with van der Waals surface area (Å²) in [6.07, 6.45) is 0. The molecular weight excluding hydrogens is 240 g/mol. The van der Waals surface area contributed by atoms with Gasteiger partial charge in [0.2, 0.25) is 0 Å². The molecule has 7 heteroatoms. The molecule has 0 N–H and O–H groups in total. The molecule has 2 rings (SSSR count). The van der Waals surface area contributed by atoms with Crippen molar-refractivity contribution in [3.8, 4) is 12.1 Å². The molecule has 0 fully saturated rings. The Morgan fingerprint density at radius 1 is 1.00 bits per heavy atom. The number of para-hydroxylation sites is 2. The number of fused-ring (bicyclic) bond motifs is 1. The Morgan fingerprint density at radius 3 is 1.76 bits per heavy atom. The zero-order valence-electron chi connectivity index (χ0n) is 8.74.